The molecule has 5 heteroatoms. The Morgan fingerprint density at radius 1 is 0.933 bits per heavy atom. The number of amides is 1. The molecule has 0 spiro atoms. The number of aromatic hydroxyl groups is 1. The molecular formula is C25H34N2O3. The molecule has 0 bridgehead atoms. The summed E-state index contributed by atoms with van der Waals surface area (Å²) in [5.74, 6) is -0.754. The number of carbonyl (C=O) groups is 2. The van der Waals surface area contributed by atoms with Gasteiger partial charge in [0, 0.05) is 16.5 Å². The Morgan fingerprint density at radius 2 is 1.53 bits per heavy atom. The van der Waals surface area contributed by atoms with E-state index >= 15 is 0 Å². The number of pyridine rings is 1. The molecule has 1 aromatic heterocycles. The van der Waals surface area contributed by atoms with Crippen molar-refractivity contribution in [2.24, 2.45) is 0 Å². The number of hydrogen-bond donors (Lipinski definition) is 2. The Bertz CT molecular complexity index is 923. The van der Waals surface area contributed by atoms with Crippen LogP contribution in [-0.4, -0.2) is 28.8 Å². The third kappa shape index (κ3) is 6.69. The van der Waals surface area contributed by atoms with E-state index in [4.69, 9.17) is 0 Å². The first kappa shape index (κ1) is 26.8. The van der Waals surface area contributed by atoms with Crippen LogP contribution in [0.25, 0.3) is 21.9 Å². The molecule has 0 aliphatic rings. The predicted molar refractivity (Wildman–Crippen MR) is 126 cm³/mol. The van der Waals surface area contributed by atoms with Crippen molar-refractivity contribution in [1.82, 2.24) is 10.3 Å². The van der Waals surface area contributed by atoms with Gasteiger partial charge >= 0.3 is 0 Å². The van der Waals surface area contributed by atoms with E-state index in [1.807, 2.05) is 84.0 Å². The van der Waals surface area contributed by atoms with Gasteiger partial charge in [-0.1, -0.05) is 77.9 Å². The number of aldehydes is 1. The third-order valence-corrected chi connectivity index (χ3v) is 3.84. The van der Waals surface area contributed by atoms with E-state index in [1.165, 1.54) is 0 Å². The van der Waals surface area contributed by atoms with Crippen molar-refractivity contribution in [1.29, 1.82) is 0 Å². The minimum Gasteiger partial charge on any atom is -0.505 e. The van der Waals surface area contributed by atoms with Crippen LogP contribution in [0.4, 0.5) is 0 Å². The number of hydrogen-bond acceptors (Lipinski definition) is 4. The second-order valence-corrected chi connectivity index (χ2v) is 5.40. The zero-order chi connectivity index (χ0) is 23.1. The molecule has 0 aliphatic carbocycles. The molecule has 1 amide bonds. The van der Waals surface area contributed by atoms with Crippen molar-refractivity contribution in [3.8, 4) is 16.9 Å². The minimum absolute atomic E-state index is 0.0747. The second-order valence-electron chi connectivity index (χ2n) is 5.40. The van der Waals surface area contributed by atoms with E-state index in [0.717, 1.165) is 16.5 Å². The van der Waals surface area contributed by atoms with Gasteiger partial charge in [-0.05, 0) is 30.2 Å². The highest BCUT2D eigenvalue weighted by molar-refractivity contribution is 6.03. The molecule has 0 saturated heterocycles. The minimum atomic E-state index is -0.572. The zero-order valence-corrected chi connectivity index (χ0v) is 19.1. The van der Waals surface area contributed by atoms with Crippen LogP contribution in [-0.2, 0) is 4.79 Å². The largest absolute Gasteiger partial charge is 0.505 e. The molecule has 0 aliphatic heterocycles. The van der Waals surface area contributed by atoms with E-state index < -0.39 is 5.91 Å². The molecule has 3 aromatic rings. The van der Waals surface area contributed by atoms with Crippen LogP contribution < -0.4 is 5.32 Å². The van der Waals surface area contributed by atoms with Crippen molar-refractivity contribution in [3.05, 3.63) is 59.9 Å². The number of carbonyl (C=O) groups excluding carboxylic acids is 2. The van der Waals surface area contributed by atoms with Crippen LogP contribution in [0.3, 0.4) is 0 Å². The Balaban J connectivity index is 0.00000129. The number of nitrogens with one attached hydrogen (secondary N) is 1. The van der Waals surface area contributed by atoms with Gasteiger partial charge in [0.2, 0.25) is 0 Å². The van der Waals surface area contributed by atoms with E-state index in [9.17, 15) is 14.7 Å². The van der Waals surface area contributed by atoms with Gasteiger partial charge in [0.25, 0.3) is 5.91 Å². The number of fused-ring (bicyclic) bond motifs is 1. The summed E-state index contributed by atoms with van der Waals surface area (Å²) >= 11 is 0. The van der Waals surface area contributed by atoms with Gasteiger partial charge in [-0.15, -0.1) is 0 Å². The third-order valence-electron chi connectivity index (χ3n) is 3.84. The van der Waals surface area contributed by atoms with Gasteiger partial charge in [0.1, 0.15) is 6.29 Å². The number of aryl methyl sites for hydroxylation is 1. The molecule has 2 aromatic carbocycles. The summed E-state index contributed by atoms with van der Waals surface area (Å²) in [5.41, 5.74) is 2.63. The molecule has 0 fully saturated rings. The van der Waals surface area contributed by atoms with E-state index in [2.05, 4.69) is 10.3 Å². The van der Waals surface area contributed by atoms with Crippen LogP contribution in [0, 0.1) is 6.92 Å². The summed E-state index contributed by atoms with van der Waals surface area (Å²) in [6, 6.07) is 15.5. The summed E-state index contributed by atoms with van der Waals surface area (Å²) in [5, 5.41) is 14.1. The van der Waals surface area contributed by atoms with Gasteiger partial charge < -0.3 is 15.2 Å². The Hall–Kier alpha value is -3.21. The maximum Gasteiger partial charge on any atom is 0.274 e. The van der Waals surface area contributed by atoms with E-state index in [0.29, 0.717) is 17.4 Å². The fraction of sp³-hybridized carbons (Fsp3) is 0.320. The van der Waals surface area contributed by atoms with Crippen molar-refractivity contribution < 1.29 is 14.7 Å². The van der Waals surface area contributed by atoms with Crippen molar-refractivity contribution in [2.45, 2.75) is 48.5 Å². The number of rotatable bonds is 4. The SMILES string of the molecule is CC.CC.CC.Cc1nc(C(=O)NCC=O)c(O)c2ccc(-c3ccccc3)cc12. The highest BCUT2D eigenvalue weighted by Gasteiger charge is 2.17. The maximum atomic E-state index is 12.0. The monoisotopic (exact) mass is 410 g/mol. The van der Waals surface area contributed by atoms with Crippen LogP contribution in [0.1, 0.15) is 57.7 Å². The van der Waals surface area contributed by atoms with Crippen LogP contribution in [0.2, 0.25) is 0 Å². The lowest BCUT2D eigenvalue weighted by atomic mass is 9.99. The van der Waals surface area contributed by atoms with Gasteiger partial charge in [0.15, 0.2) is 11.4 Å². The quantitative estimate of drug-likeness (QED) is 0.523. The number of aromatic nitrogens is 1. The van der Waals surface area contributed by atoms with E-state index in [-0.39, 0.29) is 18.0 Å². The summed E-state index contributed by atoms with van der Waals surface area (Å²) in [4.78, 5) is 26.6. The first-order valence-electron chi connectivity index (χ1n) is 10.5. The average Bonchev–Trinajstić information content (AvgIpc) is 2.84. The molecular weight excluding hydrogens is 376 g/mol. The normalized spacial score (nSPS) is 9.03. The summed E-state index contributed by atoms with van der Waals surface area (Å²) in [6.45, 7) is 13.7. The van der Waals surface area contributed by atoms with Gasteiger partial charge in [-0.3, -0.25) is 4.79 Å². The fourth-order valence-corrected chi connectivity index (χ4v) is 2.65. The first-order valence-corrected chi connectivity index (χ1v) is 10.5. The smallest absolute Gasteiger partial charge is 0.274 e. The highest BCUT2D eigenvalue weighted by Crippen LogP contribution is 2.32. The Kier molecular flexibility index (Phi) is 13.2. The highest BCUT2D eigenvalue weighted by atomic mass is 16.3. The molecule has 162 valence electrons. The fourth-order valence-electron chi connectivity index (χ4n) is 2.65. The lowest BCUT2D eigenvalue weighted by Crippen LogP contribution is -2.26. The van der Waals surface area contributed by atoms with Crippen LogP contribution >= 0.6 is 0 Å². The zero-order valence-electron chi connectivity index (χ0n) is 19.1. The lowest BCUT2D eigenvalue weighted by Gasteiger charge is -2.11. The molecule has 0 radical (unpaired) electrons. The second kappa shape index (κ2) is 14.7. The van der Waals surface area contributed by atoms with Gasteiger partial charge in [-0.25, -0.2) is 4.98 Å². The molecule has 0 saturated carbocycles. The molecule has 30 heavy (non-hydrogen) atoms. The molecule has 0 unspecified atom stereocenters. The van der Waals surface area contributed by atoms with Crippen LogP contribution in [0.15, 0.2) is 48.5 Å². The molecule has 5 nitrogen and oxygen atoms in total. The van der Waals surface area contributed by atoms with Crippen molar-refractivity contribution >= 4 is 23.0 Å². The van der Waals surface area contributed by atoms with Crippen LogP contribution in [0.5, 0.6) is 5.75 Å². The number of nitrogens with zero attached hydrogens (tertiary/aromatic N) is 1. The Labute approximate surface area is 180 Å². The van der Waals surface area contributed by atoms with E-state index in [1.54, 1.807) is 13.0 Å². The molecule has 1 heterocycles. The maximum absolute atomic E-state index is 12.0. The standard InChI is InChI=1S/C19H16N2O3.3C2H6/c1-12-16-11-14(13-5-3-2-4-6-13)7-8-15(16)18(23)17(21-12)19(24)20-9-10-22;3*1-2/h2-8,10-11,23H,9H2,1H3,(H,20,24);3*1-2H3. The summed E-state index contributed by atoms with van der Waals surface area (Å²) in [6.07, 6.45) is 0.578. The van der Waals surface area contributed by atoms with Crippen molar-refractivity contribution in [2.75, 3.05) is 6.54 Å². The number of benzene rings is 2. The topological polar surface area (TPSA) is 79.3 Å². The van der Waals surface area contributed by atoms with Gasteiger partial charge in [-0.2, -0.15) is 0 Å². The summed E-state index contributed by atoms with van der Waals surface area (Å²) < 4.78 is 0. The predicted octanol–water partition coefficient (Wildman–Crippen LogP) is 5.92. The average molecular weight is 411 g/mol. The van der Waals surface area contributed by atoms with Crippen molar-refractivity contribution in [3.63, 3.8) is 0 Å². The Morgan fingerprint density at radius 3 is 2.10 bits per heavy atom. The lowest BCUT2D eigenvalue weighted by molar-refractivity contribution is -0.107. The molecule has 3 rings (SSSR count). The molecule has 0 atom stereocenters. The first-order chi connectivity index (χ1) is 14.6. The van der Waals surface area contributed by atoms with Gasteiger partial charge in [0.05, 0.1) is 6.54 Å². The molecule has 2 N–H and O–H groups in total. The summed E-state index contributed by atoms with van der Waals surface area (Å²) in [7, 11) is 0.